The third-order valence-electron chi connectivity index (χ3n) is 4.89. The molecule has 1 saturated carbocycles. The second kappa shape index (κ2) is 7.62. The van der Waals surface area contributed by atoms with Crippen LogP contribution in [0.4, 0.5) is 5.13 Å². The number of rotatable bonds is 5. The lowest BCUT2D eigenvalue weighted by Gasteiger charge is -2.30. The van der Waals surface area contributed by atoms with Crippen molar-refractivity contribution in [1.82, 2.24) is 9.71 Å². The van der Waals surface area contributed by atoms with E-state index in [2.05, 4.69) is 15.0 Å². The first-order chi connectivity index (χ1) is 12.1. The molecule has 1 aliphatic carbocycles. The molecule has 0 spiro atoms. The third-order valence-corrected chi connectivity index (χ3v) is 8.24. The van der Waals surface area contributed by atoms with Crippen LogP contribution in [0.15, 0.2) is 18.2 Å². The van der Waals surface area contributed by atoms with Gasteiger partial charge in [0, 0.05) is 17.6 Å². The van der Waals surface area contributed by atoms with Crippen LogP contribution in [-0.4, -0.2) is 30.7 Å². The zero-order chi connectivity index (χ0) is 18.9. The summed E-state index contributed by atoms with van der Waals surface area (Å²) in [5.41, 5.74) is 0.965. The number of halogens is 1. The molecule has 5 nitrogen and oxygen atoms in total. The van der Waals surface area contributed by atoms with E-state index >= 15 is 0 Å². The van der Waals surface area contributed by atoms with Gasteiger partial charge in [0.1, 0.15) is 0 Å². The molecular weight excluding hydrogens is 390 g/mol. The molecule has 2 N–H and O–H groups in total. The standard InChI is InChI=1S/C18H26ClN3O2S2/c1-18(2,3)26(23,24)20-11-12-4-7-14(8-5-12)21-17-22-15-9-6-13(19)10-16(15)25-17/h6,9-10,12,14,20H,4-5,7-8,11H2,1-3H3,(H,21,22)/t12-,14-. The zero-order valence-corrected chi connectivity index (χ0v) is 17.8. The monoisotopic (exact) mass is 415 g/mol. The van der Waals surface area contributed by atoms with Gasteiger partial charge in [-0.1, -0.05) is 22.9 Å². The first-order valence-corrected chi connectivity index (χ1v) is 11.6. The molecule has 1 aromatic carbocycles. The molecule has 2 aromatic rings. The van der Waals surface area contributed by atoms with Crippen LogP contribution in [0.25, 0.3) is 10.2 Å². The van der Waals surface area contributed by atoms with Crippen LogP contribution in [-0.2, 0) is 10.0 Å². The van der Waals surface area contributed by atoms with Crippen LogP contribution in [0.1, 0.15) is 46.5 Å². The number of hydrogen-bond donors (Lipinski definition) is 2. The van der Waals surface area contributed by atoms with E-state index in [-0.39, 0.29) is 0 Å². The summed E-state index contributed by atoms with van der Waals surface area (Å²) in [6, 6.07) is 6.13. The number of nitrogens with one attached hydrogen (secondary N) is 2. The van der Waals surface area contributed by atoms with Crippen LogP contribution in [0.2, 0.25) is 5.02 Å². The SMILES string of the molecule is CC(C)(C)S(=O)(=O)NC[C@H]1CC[C@H](Nc2nc3ccc(Cl)cc3s2)CC1. The van der Waals surface area contributed by atoms with E-state index in [1.165, 1.54) is 0 Å². The normalized spacial score (nSPS) is 21.8. The van der Waals surface area contributed by atoms with Gasteiger partial charge in [-0.05, 0) is 70.6 Å². The largest absolute Gasteiger partial charge is 0.359 e. The number of aromatic nitrogens is 1. The fraction of sp³-hybridized carbons (Fsp3) is 0.611. The quantitative estimate of drug-likeness (QED) is 0.746. The molecule has 1 fully saturated rings. The van der Waals surface area contributed by atoms with Gasteiger partial charge >= 0.3 is 0 Å². The Labute approximate surface area is 164 Å². The molecule has 0 unspecified atom stereocenters. The highest BCUT2D eigenvalue weighted by Gasteiger charge is 2.30. The van der Waals surface area contributed by atoms with Crippen molar-refractivity contribution < 1.29 is 8.42 Å². The van der Waals surface area contributed by atoms with Crippen molar-refractivity contribution in [3.05, 3.63) is 23.2 Å². The Kier molecular flexibility index (Phi) is 5.82. The van der Waals surface area contributed by atoms with E-state index in [0.29, 0.717) is 18.5 Å². The minimum atomic E-state index is -3.26. The van der Waals surface area contributed by atoms with Crippen LogP contribution in [0.3, 0.4) is 0 Å². The number of sulfonamides is 1. The molecular formula is C18H26ClN3O2S2. The molecule has 1 aromatic heterocycles. The van der Waals surface area contributed by atoms with E-state index in [0.717, 1.165) is 46.1 Å². The Balaban J connectivity index is 1.50. The molecule has 0 aliphatic heterocycles. The van der Waals surface area contributed by atoms with Gasteiger partial charge in [0.2, 0.25) is 10.0 Å². The van der Waals surface area contributed by atoms with E-state index in [4.69, 9.17) is 11.6 Å². The molecule has 0 saturated heterocycles. The van der Waals surface area contributed by atoms with Gasteiger partial charge in [-0.3, -0.25) is 0 Å². The Morgan fingerprint density at radius 1 is 1.23 bits per heavy atom. The molecule has 1 heterocycles. The summed E-state index contributed by atoms with van der Waals surface area (Å²) in [7, 11) is -3.26. The molecule has 0 bridgehead atoms. The number of hydrogen-bond acceptors (Lipinski definition) is 5. The minimum Gasteiger partial charge on any atom is -0.359 e. The maximum Gasteiger partial charge on any atom is 0.216 e. The maximum atomic E-state index is 12.2. The van der Waals surface area contributed by atoms with E-state index < -0.39 is 14.8 Å². The second-order valence-corrected chi connectivity index (χ2v) is 11.9. The maximum absolute atomic E-state index is 12.2. The fourth-order valence-corrected chi connectivity index (χ4v) is 5.20. The van der Waals surface area contributed by atoms with Crippen molar-refractivity contribution in [1.29, 1.82) is 0 Å². The van der Waals surface area contributed by atoms with Crippen molar-refractivity contribution in [2.45, 2.75) is 57.2 Å². The highest BCUT2D eigenvalue weighted by Crippen LogP contribution is 2.31. The fourth-order valence-electron chi connectivity index (χ4n) is 3.09. The molecule has 3 rings (SSSR count). The summed E-state index contributed by atoms with van der Waals surface area (Å²) in [5.74, 6) is 0.402. The lowest BCUT2D eigenvalue weighted by Crippen LogP contribution is -2.42. The average Bonchev–Trinajstić information content (AvgIpc) is 2.94. The van der Waals surface area contributed by atoms with Gasteiger partial charge in [0.25, 0.3) is 0 Å². The number of anilines is 1. The van der Waals surface area contributed by atoms with Crippen LogP contribution in [0, 0.1) is 5.92 Å². The highest BCUT2D eigenvalue weighted by molar-refractivity contribution is 7.90. The highest BCUT2D eigenvalue weighted by atomic mass is 35.5. The predicted octanol–water partition coefficient (Wildman–Crippen LogP) is 4.64. The van der Waals surface area contributed by atoms with Crippen molar-refractivity contribution in [2.24, 2.45) is 5.92 Å². The van der Waals surface area contributed by atoms with Crippen LogP contribution in [0.5, 0.6) is 0 Å². The van der Waals surface area contributed by atoms with Gasteiger partial charge < -0.3 is 5.32 Å². The molecule has 0 atom stereocenters. The summed E-state index contributed by atoms with van der Waals surface area (Å²) < 4.78 is 27.5. The van der Waals surface area contributed by atoms with E-state index in [1.54, 1.807) is 32.1 Å². The van der Waals surface area contributed by atoms with Gasteiger partial charge in [-0.15, -0.1) is 0 Å². The summed E-state index contributed by atoms with van der Waals surface area (Å²) >= 11 is 7.66. The third kappa shape index (κ3) is 4.68. The second-order valence-electron chi connectivity index (χ2n) is 7.96. The first kappa shape index (κ1) is 19.9. The zero-order valence-electron chi connectivity index (χ0n) is 15.4. The lowest BCUT2D eigenvalue weighted by molar-refractivity contribution is 0.336. The summed E-state index contributed by atoms with van der Waals surface area (Å²) in [6.45, 7) is 5.70. The molecule has 26 heavy (non-hydrogen) atoms. The number of benzene rings is 1. The summed E-state index contributed by atoms with van der Waals surface area (Å²) in [4.78, 5) is 4.62. The average molecular weight is 416 g/mol. The van der Waals surface area contributed by atoms with E-state index in [1.807, 2.05) is 18.2 Å². The number of fused-ring (bicyclic) bond motifs is 1. The van der Waals surface area contributed by atoms with Crippen molar-refractivity contribution in [3.8, 4) is 0 Å². The van der Waals surface area contributed by atoms with E-state index in [9.17, 15) is 8.42 Å². The van der Waals surface area contributed by atoms with Gasteiger partial charge in [0.15, 0.2) is 5.13 Å². The molecule has 0 amide bonds. The number of thiazole rings is 1. The molecule has 8 heteroatoms. The van der Waals surface area contributed by atoms with Crippen LogP contribution >= 0.6 is 22.9 Å². The lowest BCUT2D eigenvalue weighted by atomic mass is 9.86. The Morgan fingerprint density at radius 3 is 2.58 bits per heavy atom. The predicted molar refractivity (Wildman–Crippen MR) is 111 cm³/mol. The first-order valence-electron chi connectivity index (χ1n) is 8.96. The minimum absolute atomic E-state index is 0.390. The van der Waals surface area contributed by atoms with Gasteiger partial charge in [-0.25, -0.2) is 18.1 Å². The molecule has 0 radical (unpaired) electrons. The summed E-state index contributed by atoms with van der Waals surface area (Å²) in [6.07, 6.45) is 4.08. The smallest absolute Gasteiger partial charge is 0.216 e. The Hall–Kier alpha value is -0.890. The Bertz CT molecular complexity index is 866. The van der Waals surface area contributed by atoms with Gasteiger partial charge in [-0.2, -0.15) is 0 Å². The number of nitrogens with zero attached hydrogens (tertiary/aromatic N) is 1. The molecule has 1 aliphatic rings. The summed E-state index contributed by atoms with van der Waals surface area (Å²) in [5, 5.41) is 5.19. The molecule has 144 valence electrons. The van der Waals surface area contributed by atoms with Crippen molar-refractivity contribution in [2.75, 3.05) is 11.9 Å². The topological polar surface area (TPSA) is 71.1 Å². The Morgan fingerprint density at radius 2 is 1.92 bits per heavy atom. The van der Waals surface area contributed by atoms with Gasteiger partial charge in [0.05, 0.1) is 15.0 Å². The van der Waals surface area contributed by atoms with Crippen LogP contribution < -0.4 is 10.0 Å². The van der Waals surface area contributed by atoms with Crippen molar-refractivity contribution in [3.63, 3.8) is 0 Å². The van der Waals surface area contributed by atoms with Crippen molar-refractivity contribution >= 4 is 48.3 Å².